The van der Waals surface area contributed by atoms with Crippen LogP contribution >= 0.6 is 11.6 Å². The first-order chi connectivity index (χ1) is 11.9. The Morgan fingerprint density at radius 1 is 1.04 bits per heavy atom. The van der Waals surface area contributed by atoms with E-state index >= 15 is 0 Å². The number of halogens is 1. The summed E-state index contributed by atoms with van der Waals surface area (Å²) in [4.78, 5) is 0. The predicted molar refractivity (Wildman–Crippen MR) is 110 cm³/mol. The lowest BCUT2D eigenvalue weighted by molar-refractivity contribution is 0.454. The second-order valence-corrected chi connectivity index (χ2v) is 8.36. The molecule has 1 aliphatic heterocycles. The van der Waals surface area contributed by atoms with E-state index in [4.69, 9.17) is 11.6 Å². The first-order valence-electron chi connectivity index (χ1n) is 8.97. The summed E-state index contributed by atoms with van der Waals surface area (Å²) in [6.07, 6.45) is 1.08. The summed E-state index contributed by atoms with van der Waals surface area (Å²) in [5, 5.41) is 7.10. The molecule has 1 nitrogen and oxygen atoms in total. The van der Waals surface area contributed by atoms with Crippen molar-refractivity contribution in [3.05, 3.63) is 64.7 Å². The van der Waals surface area contributed by atoms with E-state index in [-0.39, 0.29) is 5.54 Å². The zero-order chi connectivity index (χ0) is 17.8. The van der Waals surface area contributed by atoms with Gasteiger partial charge in [-0.3, -0.25) is 0 Å². The molecule has 0 aliphatic carbocycles. The van der Waals surface area contributed by atoms with Gasteiger partial charge in [0.1, 0.15) is 0 Å². The van der Waals surface area contributed by atoms with E-state index in [0.29, 0.717) is 5.92 Å². The van der Waals surface area contributed by atoms with Crippen LogP contribution in [0.25, 0.3) is 21.9 Å². The average Bonchev–Trinajstić information content (AvgIpc) is 2.56. The van der Waals surface area contributed by atoms with Gasteiger partial charge in [0.2, 0.25) is 0 Å². The molecule has 0 fully saturated rings. The van der Waals surface area contributed by atoms with Crippen molar-refractivity contribution in [1.82, 2.24) is 0 Å². The fourth-order valence-electron chi connectivity index (χ4n) is 4.36. The van der Waals surface area contributed by atoms with Crippen molar-refractivity contribution in [2.75, 3.05) is 5.32 Å². The first kappa shape index (κ1) is 16.5. The molecule has 0 saturated heterocycles. The molecule has 4 rings (SSSR count). The van der Waals surface area contributed by atoms with Gasteiger partial charge in [-0.1, -0.05) is 61.0 Å². The van der Waals surface area contributed by atoms with Crippen molar-refractivity contribution in [3.8, 4) is 11.1 Å². The molecular weight excluding hydrogens is 326 g/mol. The van der Waals surface area contributed by atoms with Crippen LogP contribution in [0.4, 0.5) is 5.69 Å². The van der Waals surface area contributed by atoms with E-state index < -0.39 is 0 Å². The maximum atomic E-state index is 6.98. The average molecular weight is 350 g/mol. The van der Waals surface area contributed by atoms with Gasteiger partial charge in [-0.2, -0.15) is 0 Å². The summed E-state index contributed by atoms with van der Waals surface area (Å²) in [7, 11) is 0. The summed E-state index contributed by atoms with van der Waals surface area (Å²) in [6.45, 7) is 9.00. The van der Waals surface area contributed by atoms with Crippen LogP contribution in [0.3, 0.4) is 0 Å². The van der Waals surface area contributed by atoms with Crippen molar-refractivity contribution < 1.29 is 0 Å². The Hall–Kier alpha value is -1.99. The monoisotopic (exact) mass is 349 g/mol. The number of hydrogen-bond donors (Lipinski definition) is 1. The minimum Gasteiger partial charge on any atom is -0.380 e. The van der Waals surface area contributed by atoms with Crippen LogP contribution in [-0.4, -0.2) is 5.54 Å². The second kappa shape index (κ2) is 5.78. The third kappa shape index (κ3) is 2.71. The summed E-state index contributed by atoms with van der Waals surface area (Å²) >= 11 is 6.98. The highest BCUT2D eigenvalue weighted by Crippen LogP contribution is 2.48. The van der Waals surface area contributed by atoms with Gasteiger partial charge in [-0.05, 0) is 66.6 Å². The molecule has 1 aliphatic rings. The highest BCUT2D eigenvalue weighted by atomic mass is 35.5. The Morgan fingerprint density at radius 3 is 2.56 bits per heavy atom. The molecule has 0 aromatic heterocycles. The molecule has 2 heteroatoms. The summed E-state index contributed by atoms with van der Waals surface area (Å²) in [5.41, 5.74) is 6.21. The van der Waals surface area contributed by atoms with E-state index in [2.05, 4.69) is 81.5 Å². The number of anilines is 1. The van der Waals surface area contributed by atoms with Crippen LogP contribution in [0, 0.1) is 6.92 Å². The summed E-state index contributed by atoms with van der Waals surface area (Å²) in [5.74, 6) is 0.437. The highest BCUT2D eigenvalue weighted by Gasteiger charge is 2.32. The SMILES string of the molecule is Cc1cc(-c2cccc3ccccc23)c(Cl)c2c1NC(C)(C)CC2C. The van der Waals surface area contributed by atoms with Crippen LogP contribution in [0.1, 0.15) is 44.2 Å². The Kier molecular flexibility index (Phi) is 3.81. The minimum atomic E-state index is 0.0987. The molecule has 0 spiro atoms. The van der Waals surface area contributed by atoms with Gasteiger partial charge in [0.25, 0.3) is 0 Å². The Bertz CT molecular complexity index is 966. The van der Waals surface area contributed by atoms with Crippen LogP contribution < -0.4 is 5.32 Å². The summed E-state index contributed by atoms with van der Waals surface area (Å²) in [6, 6.07) is 17.2. The normalized spacial score (nSPS) is 18.7. The number of rotatable bonds is 1. The molecule has 0 saturated carbocycles. The molecule has 0 bridgehead atoms. The smallest absolute Gasteiger partial charge is 0.0540 e. The maximum absolute atomic E-state index is 6.98. The van der Waals surface area contributed by atoms with Crippen LogP contribution in [0.15, 0.2) is 48.5 Å². The van der Waals surface area contributed by atoms with E-state index in [1.54, 1.807) is 0 Å². The third-order valence-corrected chi connectivity index (χ3v) is 5.76. The van der Waals surface area contributed by atoms with Crippen molar-refractivity contribution in [2.24, 2.45) is 0 Å². The van der Waals surface area contributed by atoms with Gasteiger partial charge in [-0.15, -0.1) is 0 Å². The predicted octanol–water partition coefficient (Wildman–Crippen LogP) is 7.17. The molecule has 1 N–H and O–H groups in total. The van der Waals surface area contributed by atoms with E-state index in [1.165, 1.54) is 33.2 Å². The van der Waals surface area contributed by atoms with Crippen molar-refractivity contribution in [2.45, 2.75) is 45.6 Å². The molecule has 0 amide bonds. The van der Waals surface area contributed by atoms with Gasteiger partial charge in [0.05, 0.1) is 5.02 Å². The zero-order valence-corrected chi connectivity index (χ0v) is 16.0. The van der Waals surface area contributed by atoms with Crippen molar-refractivity contribution in [3.63, 3.8) is 0 Å². The Morgan fingerprint density at radius 2 is 1.76 bits per heavy atom. The third-order valence-electron chi connectivity index (χ3n) is 5.35. The number of fused-ring (bicyclic) bond motifs is 2. The second-order valence-electron chi connectivity index (χ2n) is 7.98. The number of nitrogens with one attached hydrogen (secondary N) is 1. The van der Waals surface area contributed by atoms with Crippen LogP contribution in [0.2, 0.25) is 5.02 Å². The number of benzene rings is 3. The molecule has 1 heterocycles. The topological polar surface area (TPSA) is 12.0 Å². The lowest BCUT2D eigenvalue weighted by atomic mass is 9.79. The highest BCUT2D eigenvalue weighted by molar-refractivity contribution is 6.35. The van der Waals surface area contributed by atoms with E-state index in [9.17, 15) is 0 Å². The molecule has 1 atom stereocenters. The molecule has 1 unspecified atom stereocenters. The van der Waals surface area contributed by atoms with E-state index in [1.807, 2.05) is 0 Å². The Labute approximate surface area is 155 Å². The van der Waals surface area contributed by atoms with E-state index in [0.717, 1.165) is 17.0 Å². The fraction of sp³-hybridized carbons (Fsp3) is 0.304. The minimum absolute atomic E-state index is 0.0987. The van der Waals surface area contributed by atoms with Crippen LogP contribution in [0.5, 0.6) is 0 Å². The Balaban J connectivity index is 1.99. The lowest BCUT2D eigenvalue weighted by Crippen LogP contribution is -2.37. The fourth-order valence-corrected chi connectivity index (χ4v) is 4.80. The number of hydrogen-bond acceptors (Lipinski definition) is 1. The van der Waals surface area contributed by atoms with Gasteiger partial charge in [0, 0.05) is 16.8 Å². The van der Waals surface area contributed by atoms with Crippen molar-refractivity contribution >= 4 is 28.1 Å². The zero-order valence-electron chi connectivity index (χ0n) is 15.3. The van der Waals surface area contributed by atoms with Gasteiger partial charge in [0.15, 0.2) is 0 Å². The molecule has 25 heavy (non-hydrogen) atoms. The lowest BCUT2D eigenvalue weighted by Gasteiger charge is -2.39. The van der Waals surface area contributed by atoms with Crippen molar-refractivity contribution in [1.29, 1.82) is 0 Å². The molecule has 128 valence electrons. The van der Waals surface area contributed by atoms with Gasteiger partial charge < -0.3 is 5.32 Å². The maximum Gasteiger partial charge on any atom is 0.0540 e. The number of aryl methyl sites for hydroxylation is 1. The molecule has 0 radical (unpaired) electrons. The van der Waals surface area contributed by atoms with Gasteiger partial charge in [-0.25, -0.2) is 0 Å². The van der Waals surface area contributed by atoms with Gasteiger partial charge >= 0.3 is 0 Å². The molecule has 3 aromatic carbocycles. The van der Waals surface area contributed by atoms with Crippen LogP contribution in [-0.2, 0) is 0 Å². The standard InChI is InChI=1S/C23H24ClN/c1-14-12-19(18-11-7-9-16-8-5-6-10-17(16)18)21(24)20-15(2)13-23(3,4)25-22(14)20/h5-12,15,25H,13H2,1-4H3. The first-order valence-corrected chi connectivity index (χ1v) is 9.34. The quantitative estimate of drug-likeness (QED) is 0.491. The molecule has 3 aromatic rings. The summed E-state index contributed by atoms with van der Waals surface area (Å²) < 4.78 is 0. The largest absolute Gasteiger partial charge is 0.380 e. The molecular formula is C23H24ClN.